The van der Waals surface area contributed by atoms with Gasteiger partial charge >= 0.3 is 0 Å². The van der Waals surface area contributed by atoms with Crippen LogP contribution >= 0.6 is 0 Å². The predicted octanol–water partition coefficient (Wildman–Crippen LogP) is 2.38. The molecule has 0 fully saturated rings. The Morgan fingerprint density at radius 2 is 2.15 bits per heavy atom. The number of hydrogen-bond donors (Lipinski definition) is 1. The van der Waals surface area contributed by atoms with Crippen molar-refractivity contribution in [1.29, 1.82) is 0 Å². The number of amidine groups is 1. The van der Waals surface area contributed by atoms with Crippen molar-refractivity contribution in [3.05, 3.63) is 36.0 Å². The molecule has 2 aliphatic heterocycles. The quantitative estimate of drug-likeness (QED) is 0.915. The molecule has 3 rings (SSSR count). The Balaban J connectivity index is 2.10. The number of nitrogens with one attached hydrogen (secondary N) is 1. The van der Waals surface area contributed by atoms with Crippen LogP contribution in [0.4, 0.5) is 11.4 Å². The van der Waals surface area contributed by atoms with Crippen molar-refractivity contribution in [2.75, 3.05) is 11.4 Å². The highest BCUT2D eigenvalue weighted by Crippen LogP contribution is 2.33. The molecule has 5 nitrogen and oxygen atoms in total. The van der Waals surface area contributed by atoms with Gasteiger partial charge in [-0.3, -0.25) is 4.79 Å². The average Bonchev–Trinajstić information content (AvgIpc) is 2.60. The van der Waals surface area contributed by atoms with Gasteiger partial charge in [0, 0.05) is 12.7 Å². The number of anilines is 1. The Bertz CT molecular complexity index is 631. The molecule has 20 heavy (non-hydrogen) atoms. The molecule has 1 amide bonds. The van der Waals surface area contributed by atoms with Gasteiger partial charge in [0.1, 0.15) is 11.4 Å². The number of aliphatic imine (C=N–C) groups is 2. The highest BCUT2D eigenvalue weighted by atomic mass is 16.2. The normalized spacial score (nSPS) is 16.6. The molecular formula is C15H16N4O. The third kappa shape index (κ3) is 2.11. The second kappa shape index (κ2) is 5.28. The second-order valence-corrected chi connectivity index (χ2v) is 4.72. The highest BCUT2D eigenvalue weighted by molar-refractivity contribution is 6.29. The fourth-order valence-corrected chi connectivity index (χ4v) is 2.30. The van der Waals surface area contributed by atoms with Gasteiger partial charge in [-0.2, -0.15) is 0 Å². The van der Waals surface area contributed by atoms with Crippen molar-refractivity contribution in [3.8, 4) is 0 Å². The number of unbranched alkanes of at least 4 members (excludes halogenated alkanes) is 1. The summed E-state index contributed by atoms with van der Waals surface area (Å²) in [5.41, 5.74) is 2.17. The van der Waals surface area contributed by atoms with Crippen LogP contribution in [0.15, 0.2) is 46.0 Å². The van der Waals surface area contributed by atoms with Gasteiger partial charge in [-0.1, -0.05) is 25.5 Å². The molecule has 102 valence electrons. The summed E-state index contributed by atoms with van der Waals surface area (Å²) in [6, 6.07) is 7.71. The topological polar surface area (TPSA) is 57.1 Å². The number of benzene rings is 1. The summed E-state index contributed by atoms with van der Waals surface area (Å²) in [7, 11) is 0. The molecule has 0 aliphatic carbocycles. The molecule has 0 saturated heterocycles. The van der Waals surface area contributed by atoms with Crippen LogP contribution in [-0.4, -0.2) is 24.6 Å². The lowest BCUT2D eigenvalue weighted by atomic mass is 10.2. The number of para-hydroxylation sites is 2. The predicted molar refractivity (Wildman–Crippen MR) is 80.5 cm³/mol. The summed E-state index contributed by atoms with van der Waals surface area (Å²) in [6.07, 6.45) is 5.11. The largest absolute Gasteiger partial charge is 0.330 e. The monoisotopic (exact) mass is 268 g/mol. The maximum absolute atomic E-state index is 12.7. The van der Waals surface area contributed by atoms with E-state index >= 15 is 0 Å². The fourth-order valence-electron chi connectivity index (χ4n) is 2.30. The van der Waals surface area contributed by atoms with E-state index < -0.39 is 0 Å². The smallest absolute Gasteiger partial charge is 0.263 e. The van der Waals surface area contributed by atoms with Crippen LogP contribution in [-0.2, 0) is 4.79 Å². The van der Waals surface area contributed by atoms with Crippen molar-refractivity contribution in [2.45, 2.75) is 19.8 Å². The number of fused-ring (bicyclic) bond motifs is 2. The Labute approximate surface area is 117 Å². The van der Waals surface area contributed by atoms with Crippen LogP contribution in [0.25, 0.3) is 0 Å². The van der Waals surface area contributed by atoms with E-state index in [-0.39, 0.29) is 5.91 Å². The van der Waals surface area contributed by atoms with Gasteiger partial charge in [-0.25, -0.2) is 9.98 Å². The maximum Gasteiger partial charge on any atom is 0.263 e. The van der Waals surface area contributed by atoms with Gasteiger partial charge in [0.05, 0.1) is 17.7 Å². The molecule has 5 heteroatoms. The molecule has 1 aromatic rings. The van der Waals surface area contributed by atoms with Gasteiger partial charge < -0.3 is 10.2 Å². The minimum Gasteiger partial charge on any atom is -0.330 e. The van der Waals surface area contributed by atoms with E-state index in [4.69, 9.17) is 0 Å². The fraction of sp³-hybridized carbons (Fsp3) is 0.267. The molecule has 1 N–H and O–H groups in total. The number of amides is 1. The van der Waals surface area contributed by atoms with Crippen LogP contribution in [0.1, 0.15) is 19.8 Å². The first-order valence-electron chi connectivity index (χ1n) is 6.79. The highest BCUT2D eigenvalue weighted by Gasteiger charge is 2.29. The first-order valence-corrected chi connectivity index (χ1v) is 6.79. The maximum atomic E-state index is 12.7. The van der Waals surface area contributed by atoms with E-state index in [2.05, 4.69) is 22.2 Å². The molecule has 0 atom stereocenters. The van der Waals surface area contributed by atoms with E-state index in [1.54, 1.807) is 17.4 Å². The Kier molecular flexibility index (Phi) is 3.33. The van der Waals surface area contributed by atoms with Crippen LogP contribution in [0.5, 0.6) is 0 Å². The average molecular weight is 268 g/mol. The number of nitrogens with zero attached hydrogens (tertiary/aromatic N) is 3. The van der Waals surface area contributed by atoms with Gasteiger partial charge in [0.2, 0.25) is 0 Å². The van der Waals surface area contributed by atoms with Gasteiger partial charge in [-0.15, -0.1) is 0 Å². The molecule has 0 bridgehead atoms. The third-order valence-electron chi connectivity index (χ3n) is 3.35. The van der Waals surface area contributed by atoms with Crippen molar-refractivity contribution in [2.24, 2.45) is 9.98 Å². The van der Waals surface area contributed by atoms with Gasteiger partial charge in [0.25, 0.3) is 5.91 Å². The lowest BCUT2D eigenvalue weighted by Gasteiger charge is -2.23. The zero-order valence-electron chi connectivity index (χ0n) is 11.3. The van der Waals surface area contributed by atoms with E-state index in [9.17, 15) is 4.79 Å². The minimum atomic E-state index is -0.0495. The Morgan fingerprint density at radius 3 is 3.00 bits per heavy atom. The SMILES string of the molecule is CCCCN1C(=O)C2=CN=CNC2=Nc2ccccc21. The molecule has 0 spiro atoms. The lowest BCUT2D eigenvalue weighted by Crippen LogP contribution is -2.38. The minimum absolute atomic E-state index is 0.0495. The summed E-state index contributed by atoms with van der Waals surface area (Å²) in [4.78, 5) is 23.1. The second-order valence-electron chi connectivity index (χ2n) is 4.72. The molecule has 2 aliphatic rings. The summed E-state index contributed by atoms with van der Waals surface area (Å²) >= 11 is 0. The van der Waals surface area contributed by atoms with E-state index in [1.807, 2.05) is 24.3 Å². The van der Waals surface area contributed by atoms with E-state index in [0.29, 0.717) is 18.0 Å². The summed E-state index contributed by atoms with van der Waals surface area (Å²) in [5.74, 6) is 0.517. The summed E-state index contributed by atoms with van der Waals surface area (Å²) < 4.78 is 0. The number of hydrogen-bond acceptors (Lipinski definition) is 4. The zero-order chi connectivity index (χ0) is 13.9. The molecule has 1 aromatic carbocycles. The standard InChI is InChI=1S/C15H16N4O/c1-2-3-8-19-13-7-5-4-6-12(13)18-14-11(15(19)20)9-16-10-17-14/h4-7,9-10H,2-3,8H2,1H3,(H,16,17,18). The van der Waals surface area contributed by atoms with Gasteiger partial charge in [0.15, 0.2) is 0 Å². The molecule has 0 saturated carbocycles. The van der Waals surface area contributed by atoms with E-state index in [0.717, 1.165) is 24.2 Å². The Morgan fingerprint density at radius 1 is 1.30 bits per heavy atom. The Hall–Kier alpha value is -2.43. The summed E-state index contributed by atoms with van der Waals surface area (Å²) in [5, 5.41) is 2.95. The van der Waals surface area contributed by atoms with Gasteiger partial charge in [-0.05, 0) is 18.6 Å². The zero-order valence-corrected chi connectivity index (χ0v) is 11.3. The number of rotatable bonds is 3. The molecule has 2 heterocycles. The van der Waals surface area contributed by atoms with Crippen molar-refractivity contribution in [1.82, 2.24) is 5.32 Å². The van der Waals surface area contributed by atoms with Crippen molar-refractivity contribution in [3.63, 3.8) is 0 Å². The van der Waals surface area contributed by atoms with Crippen molar-refractivity contribution >= 4 is 29.5 Å². The third-order valence-corrected chi connectivity index (χ3v) is 3.35. The number of carbonyl (C=O) groups is 1. The van der Waals surface area contributed by atoms with Crippen LogP contribution in [0.2, 0.25) is 0 Å². The van der Waals surface area contributed by atoms with Crippen LogP contribution in [0, 0.1) is 0 Å². The number of carbonyl (C=O) groups excluding carboxylic acids is 1. The van der Waals surface area contributed by atoms with Crippen molar-refractivity contribution < 1.29 is 4.79 Å². The molecule has 0 radical (unpaired) electrons. The summed E-state index contributed by atoms with van der Waals surface area (Å²) in [6.45, 7) is 2.80. The molecule has 0 aromatic heterocycles. The van der Waals surface area contributed by atoms with Crippen LogP contribution in [0.3, 0.4) is 0 Å². The first kappa shape index (κ1) is 12.6. The van der Waals surface area contributed by atoms with E-state index in [1.165, 1.54) is 0 Å². The lowest BCUT2D eigenvalue weighted by molar-refractivity contribution is -0.114. The first-order chi connectivity index (χ1) is 9.81. The molecule has 0 unspecified atom stereocenters. The molecular weight excluding hydrogens is 252 g/mol. The van der Waals surface area contributed by atoms with Crippen LogP contribution < -0.4 is 10.2 Å².